The number of carbonyl (C=O) groups excluding carboxylic acids is 2. The van der Waals surface area contributed by atoms with Crippen LogP contribution < -0.4 is 10.9 Å². The first-order valence-corrected chi connectivity index (χ1v) is 9.44. The van der Waals surface area contributed by atoms with E-state index in [1.807, 2.05) is 36.4 Å². The minimum absolute atomic E-state index is 0.329. The molecule has 7 nitrogen and oxygen atoms in total. The maximum absolute atomic E-state index is 12.5. The number of aromatic nitrogens is 2. The summed E-state index contributed by atoms with van der Waals surface area (Å²) in [6.07, 6.45) is 0.277. The minimum Gasteiger partial charge on any atom is -0.451 e. The van der Waals surface area contributed by atoms with Gasteiger partial charge in [0.1, 0.15) is 6.54 Å². The van der Waals surface area contributed by atoms with Gasteiger partial charge in [-0.1, -0.05) is 42.5 Å². The third-order valence-electron chi connectivity index (χ3n) is 4.73. The zero-order chi connectivity index (χ0) is 21.1. The van der Waals surface area contributed by atoms with Gasteiger partial charge in [-0.05, 0) is 42.0 Å². The second-order valence-electron chi connectivity index (χ2n) is 6.88. The quantitative estimate of drug-likeness (QED) is 0.519. The van der Waals surface area contributed by atoms with Gasteiger partial charge in [-0.25, -0.2) is 4.98 Å². The molecule has 0 unspecified atom stereocenters. The van der Waals surface area contributed by atoms with E-state index in [0.717, 1.165) is 10.8 Å². The summed E-state index contributed by atoms with van der Waals surface area (Å²) in [7, 11) is 0. The first-order chi connectivity index (χ1) is 14.5. The van der Waals surface area contributed by atoms with Crippen molar-refractivity contribution >= 4 is 39.2 Å². The Morgan fingerprint density at radius 2 is 1.77 bits per heavy atom. The standard InChI is InChI=1S/C23H19N3O4/c1-15(22(28)25-18-11-10-16-6-2-3-7-17(16)12-18)30-21(27)13-26-14-24-20-9-5-4-8-19(20)23(26)29/h2-12,14-15H,13H2,1H3,(H,25,28)/t15-/m0/s1. The zero-order valence-electron chi connectivity index (χ0n) is 16.2. The van der Waals surface area contributed by atoms with Gasteiger partial charge in [-0.3, -0.25) is 19.0 Å². The van der Waals surface area contributed by atoms with Gasteiger partial charge in [-0.2, -0.15) is 0 Å². The summed E-state index contributed by atoms with van der Waals surface area (Å²) in [6, 6.07) is 20.2. The number of ether oxygens (including phenoxy) is 1. The van der Waals surface area contributed by atoms with Crippen molar-refractivity contribution < 1.29 is 14.3 Å². The largest absolute Gasteiger partial charge is 0.451 e. The number of esters is 1. The fraction of sp³-hybridized carbons (Fsp3) is 0.130. The monoisotopic (exact) mass is 401 g/mol. The molecule has 150 valence electrons. The van der Waals surface area contributed by atoms with Gasteiger partial charge in [0.2, 0.25) is 0 Å². The van der Waals surface area contributed by atoms with E-state index in [2.05, 4.69) is 10.3 Å². The van der Waals surface area contributed by atoms with E-state index in [9.17, 15) is 14.4 Å². The molecule has 4 aromatic rings. The normalized spacial score (nSPS) is 11.9. The Morgan fingerprint density at radius 1 is 1.03 bits per heavy atom. The van der Waals surface area contributed by atoms with Crippen LogP contribution in [0.1, 0.15) is 6.92 Å². The Balaban J connectivity index is 1.40. The molecule has 0 fully saturated rings. The van der Waals surface area contributed by atoms with E-state index < -0.39 is 18.0 Å². The van der Waals surface area contributed by atoms with Crippen molar-refractivity contribution in [2.45, 2.75) is 19.6 Å². The highest BCUT2D eigenvalue weighted by Crippen LogP contribution is 2.19. The number of para-hydroxylation sites is 1. The molecule has 0 bridgehead atoms. The smallest absolute Gasteiger partial charge is 0.326 e. The van der Waals surface area contributed by atoms with Gasteiger partial charge < -0.3 is 10.1 Å². The number of anilines is 1. The zero-order valence-corrected chi connectivity index (χ0v) is 16.2. The van der Waals surface area contributed by atoms with E-state index in [1.54, 1.807) is 30.3 Å². The molecule has 4 rings (SSSR count). The van der Waals surface area contributed by atoms with Crippen LogP contribution in [-0.2, 0) is 20.9 Å². The Hall–Kier alpha value is -4.00. The highest BCUT2D eigenvalue weighted by molar-refractivity contribution is 5.97. The number of carbonyl (C=O) groups is 2. The number of benzene rings is 3. The van der Waals surface area contributed by atoms with Crippen molar-refractivity contribution in [2.24, 2.45) is 0 Å². The summed E-state index contributed by atoms with van der Waals surface area (Å²) in [5, 5.41) is 5.20. The van der Waals surface area contributed by atoms with Crippen LogP contribution in [0.25, 0.3) is 21.7 Å². The van der Waals surface area contributed by atoms with Crippen LogP contribution in [0.2, 0.25) is 0 Å². The number of nitrogens with one attached hydrogen (secondary N) is 1. The number of nitrogens with zero attached hydrogens (tertiary/aromatic N) is 2. The Bertz CT molecular complexity index is 1310. The Morgan fingerprint density at radius 3 is 2.60 bits per heavy atom. The van der Waals surface area contributed by atoms with Crippen LogP contribution >= 0.6 is 0 Å². The van der Waals surface area contributed by atoms with Crippen LogP contribution in [0, 0.1) is 0 Å². The molecule has 30 heavy (non-hydrogen) atoms. The van der Waals surface area contributed by atoms with Gasteiger partial charge in [0, 0.05) is 5.69 Å². The lowest BCUT2D eigenvalue weighted by Gasteiger charge is -2.14. The number of fused-ring (bicyclic) bond motifs is 2. The van der Waals surface area contributed by atoms with Gasteiger partial charge >= 0.3 is 5.97 Å². The third-order valence-corrected chi connectivity index (χ3v) is 4.73. The minimum atomic E-state index is -1.02. The first-order valence-electron chi connectivity index (χ1n) is 9.44. The lowest BCUT2D eigenvalue weighted by molar-refractivity contribution is -0.153. The summed E-state index contributed by atoms with van der Waals surface area (Å²) in [5.74, 6) is -1.15. The van der Waals surface area contributed by atoms with Gasteiger partial charge in [0.15, 0.2) is 6.10 Å². The maximum Gasteiger partial charge on any atom is 0.326 e. The van der Waals surface area contributed by atoms with Crippen LogP contribution in [0.5, 0.6) is 0 Å². The van der Waals surface area contributed by atoms with Crippen LogP contribution in [0.4, 0.5) is 5.69 Å². The molecule has 7 heteroatoms. The van der Waals surface area contributed by atoms with Crippen LogP contribution in [0.3, 0.4) is 0 Å². The topological polar surface area (TPSA) is 90.3 Å². The molecule has 0 saturated carbocycles. The number of hydrogen-bond donors (Lipinski definition) is 1. The molecule has 1 amide bonds. The predicted octanol–water partition coefficient (Wildman–Crippen LogP) is 3.12. The molecule has 0 radical (unpaired) electrons. The molecular formula is C23H19N3O4. The van der Waals surface area contributed by atoms with E-state index in [4.69, 9.17) is 4.74 Å². The summed E-state index contributed by atoms with van der Waals surface area (Å²) in [4.78, 5) is 41.3. The van der Waals surface area contributed by atoms with Crippen LogP contribution in [-0.4, -0.2) is 27.5 Å². The molecule has 1 N–H and O–H groups in total. The second kappa shape index (κ2) is 8.16. The molecule has 3 aromatic carbocycles. The third kappa shape index (κ3) is 4.05. The van der Waals surface area contributed by atoms with Gasteiger partial charge in [0.25, 0.3) is 11.5 Å². The lowest BCUT2D eigenvalue weighted by atomic mass is 10.1. The summed E-state index contributed by atoms with van der Waals surface area (Å²) < 4.78 is 6.37. The lowest BCUT2D eigenvalue weighted by Crippen LogP contribution is -2.33. The van der Waals surface area contributed by atoms with Crippen molar-refractivity contribution in [3.63, 3.8) is 0 Å². The average molecular weight is 401 g/mol. The molecular weight excluding hydrogens is 382 g/mol. The summed E-state index contributed by atoms with van der Waals surface area (Å²) >= 11 is 0. The number of amides is 1. The van der Waals surface area contributed by atoms with Crippen molar-refractivity contribution in [1.29, 1.82) is 0 Å². The van der Waals surface area contributed by atoms with Gasteiger partial charge in [0.05, 0.1) is 17.2 Å². The SMILES string of the molecule is C[C@H](OC(=O)Cn1cnc2ccccc2c1=O)C(=O)Nc1ccc2ccccc2c1. The van der Waals surface area contributed by atoms with Crippen molar-refractivity contribution in [1.82, 2.24) is 9.55 Å². The number of rotatable bonds is 5. The first kappa shape index (κ1) is 19.3. The molecule has 0 aliphatic carbocycles. The van der Waals surface area contributed by atoms with Crippen LogP contribution in [0.15, 0.2) is 77.9 Å². The summed E-state index contributed by atoms with van der Waals surface area (Å²) in [5.41, 5.74) is 0.817. The molecule has 0 saturated heterocycles. The molecule has 0 spiro atoms. The Kier molecular flexibility index (Phi) is 5.26. The van der Waals surface area contributed by atoms with Crippen molar-refractivity contribution in [3.05, 3.63) is 83.4 Å². The molecule has 0 aliphatic heterocycles. The van der Waals surface area contributed by atoms with E-state index in [0.29, 0.717) is 16.6 Å². The summed E-state index contributed by atoms with van der Waals surface area (Å²) in [6.45, 7) is 1.15. The highest BCUT2D eigenvalue weighted by Gasteiger charge is 2.19. The molecule has 1 aromatic heterocycles. The van der Waals surface area contributed by atoms with E-state index in [-0.39, 0.29) is 12.1 Å². The highest BCUT2D eigenvalue weighted by atomic mass is 16.5. The van der Waals surface area contributed by atoms with Gasteiger partial charge in [-0.15, -0.1) is 0 Å². The van der Waals surface area contributed by atoms with Crippen molar-refractivity contribution in [2.75, 3.05) is 5.32 Å². The molecule has 0 aliphatic rings. The number of hydrogen-bond acceptors (Lipinski definition) is 5. The molecule has 1 heterocycles. The van der Waals surface area contributed by atoms with Crippen molar-refractivity contribution in [3.8, 4) is 0 Å². The molecule has 1 atom stereocenters. The van der Waals surface area contributed by atoms with E-state index in [1.165, 1.54) is 17.8 Å². The fourth-order valence-electron chi connectivity index (χ4n) is 3.16. The average Bonchev–Trinajstić information content (AvgIpc) is 2.75. The van der Waals surface area contributed by atoms with E-state index >= 15 is 0 Å². The maximum atomic E-state index is 12.5. The second-order valence-corrected chi connectivity index (χ2v) is 6.88. The predicted molar refractivity (Wildman–Crippen MR) is 114 cm³/mol. The fourth-order valence-corrected chi connectivity index (χ4v) is 3.16. The Labute approximate surface area is 171 Å².